The molecule has 1 fully saturated rings. The Morgan fingerprint density at radius 1 is 1.00 bits per heavy atom. The second kappa shape index (κ2) is 9.48. The summed E-state index contributed by atoms with van der Waals surface area (Å²) in [5.74, 6) is 2.60. The maximum atomic E-state index is 5.96. The molecule has 9 nitrogen and oxygen atoms in total. The molecule has 4 N–H and O–H groups in total. The SMILES string of the molecule is COc1ccc(Nc2nc(N)nc(C[NH+]3CCN(c4ccccc4)CC3)n2)c(OC)c1. The van der Waals surface area contributed by atoms with Crippen molar-refractivity contribution in [1.82, 2.24) is 15.0 Å². The number of rotatable bonds is 7. The van der Waals surface area contributed by atoms with Crippen LogP contribution in [-0.2, 0) is 6.54 Å². The number of para-hydroxylation sites is 1. The monoisotopic (exact) mass is 422 g/mol. The van der Waals surface area contributed by atoms with Gasteiger partial charge in [-0.1, -0.05) is 18.2 Å². The Morgan fingerprint density at radius 2 is 1.77 bits per heavy atom. The Kier molecular flexibility index (Phi) is 6.32. The first kappa shape index (κ1) is 20.7. The van der Waals surface area contributed by atoms with E-state index in [0.29, 0.717) is 29.8 Å². The van der Waals surface area contributed by atoms with Crippen LogP contribution in [0.15, 0.2) is 48.5 Å². The maximum Gasteiger partial charge on any atom is 0.232 e. The van der Waals surface area contributed by atoms with Crippen LogP contribution in [0.4, 0.5) is 23.3 Å². The first-order valence-corrected chi connectivity index (χ1v) is 10.3. The number of quaternary nitrogens is 1. The van der Waals surface area contributed by atoms with E-state index >= 15 is 0 Å². The largest absolute Gasteiger partial charge is 0.497 e. The fourth-order valence-electron chi connectivity index (χ4n) is 3.72. The highest BCUT2D eigenvalue weighted by Crippen LogP contribution is 2.30. The number of ether oxygens (including phenoxy) is 2. The summed E-state index contributed by atoms with van der Waals surface area (Å²) < 4.78 is 10.7. The third-order valence-electron chi connectivity index (χ3n) is 5.35. The third kappa shape index (κ3) is 5.13. The summed E-state index contributed by atoms with van der Waals surface area (Å²) in [5.41, 5.74) is 7.96. The van der Waals surface area contributed by atoms with Crippen LogP contribution < -0.4 is 30.3 Å². The standard InChI is InChI=1S/C22H27N7O2/c1-30-17-8-9-18(19(14-17)31-2)24-22-26-20(25-21(23)27-22)15-28-10-12-29(13-11-28)16-6-4-3-5-7-16/h3-9,14H,10-13,15H2,1-2H3,(H3,23,24,25,26,27)/p+1. The molecule has 0 spiro atoms. The summed E-state index contributed by atoms with van der Waals surface area (Å²) in [7, 11) is 3.22. The van der Waals surface area contributed by atoms with Gasteiger partial charge in [0.2, 0.25) is 11.9 Å². The average molecular weight is 423 g/mol. The first-order chi connectivity index (χ1) is 15.1. The highest BCUT2D eigenvalue weighted by molar-refractivity contribution is 5.64. The Hall–Kier alpha value is -3.59. The van der Waals surface area contributed by atoms with Gasteiger partial charge in [0.1, 0.15) is 18.0 Å². The number of benzene rings is 2. The van der Waals surface area contributed by atoms with Gasteiger partial charge in [0, 0.05) is 11.8 Å². The van der Waals surface area contributed by atoms with Crippen molar-refractivity contribution in [3.8, 4) is 11.5 Å². The van der Waals surface area contributed by atoms with Crippen molar-refractivity contribution in [2.24, 2.45) is 0 Å². The number of anilines is 4. The van der Waals surface area contributed by atoms with Gasteiger partial charge >= 0.3 is 0 Å². The van der Waals surface area contributed by atoms with Crippen molar-refractivity contribution >= 4 is 23.3 Å². The molecule has 1 aliphatic rings. The lowest BCUT2D eigenvalue weighted by Gasteiger charge is -2.33. The van der Waals surface area contributed by atoms with Crippen LogP contribution in [-0.4, -0.2) is 55.4 Å². The summed E-state index contributed by atoms with van der Waals surface area (Å²) >= 11 is 0. The number of methoxy groups -OCH3 is 2. The smallest absolute Gasteiger partial charge is 0.232 e. The zero-order valence-corrected chi connectivity index (χ0v) is 17.8. The van der Waals surface area contributed by atoms with Crippen LogP contribution >= 0.6 is 0 Å². The van der Waals surface area contributed by atoms with Gasteiger partial charge in [0.15, 0.2) is 5.82 Å². The van der Waals surface area contributed by atoms with E-state index in [1.165, 1.54) is 10.6 Å². The van der Waals surface area contributed by atoms with Crippen LogP contribution in [0.5, 0.6) is 11.5 Å². The highest BCUT2D eigenvalue weighted by Gasteiger charge is 2.22. The van der Waals surface area contributed by atoms with E-state index in [0.717, 1.165) is 31.9 Å². The normalized spacial score (nSPS) is 14.3. The molecule has 1 aromatic heterocycles. The van der Waals surface area contributed by atoms with E-state index in [4.69, 9.17) is 15.2 Å². The molecule has 0 unspecified atom stereocenters. The zero-order valence-electron chi connectivity index (χ0n) is 17.8. The predicted octanol–water partition coefficient (Wildman–Crippen LogP) is 1.12. The van der Waals surface area contributed by atoms with Crippen LogP contribution in [0.25, 0.3) is 0 Å². The fourth-order valence-corrected chi connectivity index (χ4v) is 3.72. The summed E-state index contributed by atoms with van der Waals surface area (Å²) in [5, 5.41) is 3.18. The lowest BCUT2D eigenvalue weighted by molar-refractivity contribution is -0.915. The number of aromatic nitrogens is 3. The minimum atomic E-state index is 0.197. The summed E-state index contributed by atoms with van der Waals surface area (Å²) in [6.45, 7) is 4.71. The van der Waals surface area contributed by atoms with Crippen LogP contribution in [0.2, 0.25) is 0 Å². The van der Waals surface area contributed by atoms with Crippen molar-refractivity contribution in [2.75, 3.05) is 56.3 Å². The molecule has 0 radical (unpaired) electrons. The number of nitrogen functional groups attached to an aromatic ring is 1. The van der Waals surface area contributed by atoms with Gasteiger partial charge < -0.3 is 30.3 Å². The Labute approximate surface area is 181 Å². The number of piperazine rings is 1. The second-order valence-corrected chi connectivity index (χ2v) is 7.37. The van der Waals surface area contributed by atoms with Crippen molar-refractivity contribution < 1.29 is 14.4 Å². The van der Waals surface area contributed by atoms with Crippen LogP contribution in [0.1, 0.15) is 5.82 Å². The number of hydrogen-bond acceptors (Lipinski definition) is 8. The van der Waals surface area contributed by atoms with Crippen molar-refractivity contribution in [1.29, 1.82) is 0 Å². The van der Waals surface area contributed by atoms with E-state index in [2.05, 4.69) is 49.4 Å². The van der Waals surface area contributed by atoms with Crippen molar-refractivity contribution in [3.05, 3.63) is 54.4 Å². The molecular weight excluding hydrogens is 394 g/mol. The minimum absolute atomic E-state index is 0.197. The van der Waals surface area contributed by atoms with Gasteiger partial charge in [0.05, 0.1) is 46.1 Å². The van der Waals surface area contributed by atoms with Crippen molar-refractivity contribution in [3.63, 3.8) is 0 Å². The summed E-state index contributed by atoms with van der Waals surface area (Å²) in [6, 6.07) is 16.0. The zero-order chi connectivity index (χ0) is 21.6. The van der Waals surface area contributed by atoms with E-state index in [-0.39, 0.29) is 5.95 Å². The van der Waals surface area contributed by atoms with Crippen molar-refractivity contribution in [2.45, 2.75) is 6.54 Å². The molecule has 4 rings (SSSR count). The first-order valence-electron chi connectivity index (χ1n) is 10.3. The Bertz CT molecular complexity index is 1010. The predicted molar refractivity (Wildman–Crippen MR) is 120 cm³/mol. The molecule has 9 heteroatoms. The minimum Gasteiger partial charge on any atom is -0.497 e. The van der Waals surface area contributed by atoms with Crippen LogP contribution in [0, 0.1) is 0 Å². The molecule has 2 heterocycles. The van der Waals surface area contributed by atoms with Gasteiger partial charge in [-0.15, -0.1) is 0 Å². The molecule has 3 aromatic rings. The van der Waals surface area contributed by atoms with E-state index in [1.54, 1.807) is 20.3 Å². The number of hydrogen-bond donors (Lipinski definition) is 3. The van der Waals surface area contributed by atoms with E-state index in [9.17, 15) is 0 Å². The number of nitrogens with one attached hydrogen (secondary N) is 2. The number of nitrogens with two attached hydrogens (primary N) is 1. The molecule has 0 bridgehead atoms. The van der Waals surface area contributed by atoms with Gasteiger partial charge in [-0.3, -0.25) is 0 Å². The summed E-state index contributed by atoms with van der Waals surface area (Å²) in [6.07, 6.45) is 0. The van der Waals surface area contributed by atoms with Crippen LogP contribution in [0.3, 0.4) is 0 Å². The quantitative estimate of drug-likeness (QED) is 0.521. The topological polar surface area (TPSA) is 103 Å². The molecule has 2 aromatic carbocycles. The molecule has 0 atom stereocenters. The molecule has 0 amide bonds. The highest BCUT2D eigenvalue weighted by atomic mass is 16.5. The maximum absolute atomic E-state index is 5.96. The average Bonchev–Trinajstić information content (AvgIpc) is 2.80. The second-order valence-electron chi connectivity index (χ2n) is 7.37. The third-order valence-corrected chi connectivity index (χ3v) is 5.35. The van der Waals surface area contributed by atoms with Gasteiger partial charge in [-0.05, 0) is 24.3 Å². The fraction of sp³-hybridized carbons (Fsp3) is 0.318. The van der Waals surface area contributed by atoms with Gasteiger partial charge in [-0.25, -0.2) is 0 Å². The van der Waals surface area contributed by atoms with Gasteiger partial charge in [0.25, 0.3) is 0 Å². The summed E-state index contributed by atoms with van der Waals surface area (Å²) in [4.78, 5) is 17.0. The molecule has 1 saturated heterocycles. The Balaban J connectivity index is 1.42. The molecule has 0 aliphatic carbocycles. The Morgan fingerprint density at radius 3 is 2.48 bits per heavy atom. The lowest BCUT2D eigenvalue weighted by Crippen LogP contribution is -3.13. The molecule has 1 aliphatic heterocycles. The number of nitrogens with zero attached hydrogens (tertiary/aromatic N) is 4. The lowest BCUT2D eigenvalue weighted by atomic mass is 10.2. The molecular formula is C22H28N7O2+. The van der Waals surface area contributed by atoms with E-state index in [1.807, 2.05) is 18.2 Å². The molecule has 0 saturated carbocycles. The molecule has 162 valence electrons. The van der Waals surface area contributed by atoms with E-state index < -0.39 is 0 Å². The van der Waals surface area contributed by atoms with Gasteiger partial charge in [-0.2, -0.15) is 15.0 Å². The molecule has 31 heavy (non-hydrogen) atoms.